The maximum atomic E-state index is 10.5. The summed E-state index contributed by atoms with van der Waals surface area (Å²) in [5.74, 6) is 3.93. The molecule has 0 aliphatic rings. The number of carboxylic acid groups (broad SMARTS) is 1. The second-order valence-electron chi connectivity index (χ2n) is 2.62. The minimum absolute atomic E-state index is 0.297. The molecule has 0 aliphatic heterocycles. The van der Waals surface area contributed by atoms with Crippen LogP contribution in [0.1, 0.15) is 11.7 Å². The van der Waals surface area contributed by atoms with Gasteiger partial charge < -0.3 is 15.6 Å². The lowest BCUT2D eigenvalue weighted by molar-refractivity contribution is -0.146. The molecule has 1 unspecified atom stereocenters. The van der Waals surface area contributed by atoms with E-state index in [9.17, 15) is 9.90 Å². The number of anilines is 1. The monoisotopic (exact) mass is 308 g/mol. The topological polar surface area (TPSA) is 95.6 Å². The maximum Gasteiger partial charge on any atom is 0.337 e. The van der Waals surface area contributed by atoms with Crippen LogP contribution in [0.5, 0.6) is 0 Å². The van der Waals surface area contributed by atoms with E-state index in [1.807, 2.05) is 22.6 Å². The second-order valence-corrected chi connectivity index (χ2v) is 3.79. The number of carboxylic acids is 1. The summed E-state index contributed by atoms with van der Waals surface area (Å²) < 4.78 is 0.853. The van der Waals surface area contributed by atoms with Gasteiger partial charge in [-0.25, -0.2) is 4.79 Å². The van der Waals surface area contributed by atoms with Crippen LogP contribution < -0.4 is 11.3 Å². The molecule has 5 N–H and O–H groups in total. The molecule has 0 saturated heterocycles. The van der Waals surface area contributed by atoms with E-state index >= 15 is 0 Å². The Labute approximate surface area is 94.0 Å². The van der Waals surface area contributed by atoms with E-state index in [1.54, 1.807) is 12.1 Å². The van der Waals surface area contributed by atoms with Gasteiger partial charge in [-0.15, -0.1) is 0 Å². The van der Waals surface area contributed by atoms with Gasteiger partial charge in [0, 0.05) is 3.57 Å². The zero-order valence-electron chi connectivity index (χ0n) is 7.07. The summed E-state index contributed by atoms with van der Waals surface area (Å²) in [6, 6.07) is 4.72. The van der Waals surface area contributed by atoms with Crippen molar-refractivity contribution in [1.82, 2.24) is 0 Å². The highest BCUT2D eigenvalue weighted by molar-refractivity contribution is 14.1. The number of rotatable bonds is 3. The van der Waals surface area contributed by atoms with Crippen molar-refractivity contribution < 1.29 is 15.0 Å². The molecule has 1 atom stereocenters. The van der Waals surface area contributed by atoms with Crippen LogP contribution >= 0.6 is 22.6 Å². The van der Waals surface area contributed by atoms with Crippen molar-refractivity contribution in [2.75, 3.05) is 5.43 Å². The van der Waals surface area contributed by atoms with Crippen LogP contribution in [0.2, 0.25) is 0 Å². The van der Waals surface area contributed by atoms with Crippen LogP contribution in [0.25, 0.3) is 0 Å². The summed E-state index contributed by atoms with van der Waals surface area (Å²) in [7, 11) is 0. The molecule has 1 rings (SSSR count). The first-order chi connectivity index (χ1) is 6.56. The molecule has 0 spiro atoms. The number of nitrogens with two attached hydrogens (primary N) is 1. The third kappa shape index (κ3) is 2.34. The molecule has 6 heteroatoms. The SMILES string of the molecule is NNc1cc(C(O)C(=O)O)ccc1I. The molecule has 1 aromatic rings. The molecule has 0 fully saturated rings. The van der Waals surface area contributed by atoms with E-state index < -0.39 is 12.1 Å². The van der Waals surface area contributed by atoms with E-state index in [-0.39, 0.29) is 0 Å². The average Bonchev–Trinajstić information content (AvgIpc) is 2.17. The third-order valence-electron chi connectivity index (χ3n) is 1.70. The Balaban J connectivity index is 3.06. The molecular formula is C8H9IN2O3. The van der Waals surface area contributed by atoms with Crippen molar-refractivity contribution >= 4 is 34.2 Å². The zero-order valence-corrected chi connectivity index (χ0v) is 9.22. The summed E-state index contributed by atoms with van der Waals surface area (Å²) in [5.41, 5.74) is 3.30. The minimum atomic E-state index is -1.51. The molecular weight excluding hydrogens is 299 g/mol. The molecule has 0 aliphatic carbocycles. The number of hydrazine groups is 1. The molecule has 5 nitrogen and oxygen atoms in total. The number of carbonyl (C=O) groups is 1. The summed E-state index contributed by atoms with van der Waals surface area (Å²) in [6.07, 6.45) is -1.51. The number of nitrogen functional groups attached to an aromatic ring is 1. The van der Waals surface area contributed by atoms with E-state index in [2.05, 4.69) is 5.43 Å². The first kappa shape index (κ1) is 11.2. The lowest BCUT2D eigenvalue weighted by Crippen LogP contribution is -2.13. The highest BCUT2D eigenvalue weighted by Crippen LogP contribution is 2.22. The van der Waals surface area contributed by atoms with Crippen molar-refractivity contribution in [2.24, 2.45) is 5.84 Å². The Morgan fingerprint density at radius 2 is 2.21 bits per heavy atom. The molecule has 0 heterocycles. The predicted octanol–water partition coefficient (Wildman–Crippen LogP) is 0.695. The first-order valence-electron chi connectivity index (χ1n) is 3.73. The zero-order chi connectivity index (χ0) is 10.7. The number of benzene rings is 1. The molecule has 1 aromatic carbocycles. The highest BCUT2D eigenvalue weighted by atomic mass is 127. The van der Waals surface area contributed by atoms with Crippen molar-refractivity contribution in [1.29, 1.82) is 0 Å². The van der Waals surface area contributed by atoms with Gasteiger partial charge in [-0.3, -0.25) is 5.84 Å². The number of aliphatic carboxylic acids is 1. The lowest BCUT2D eigenvalue weighted by atomic mass is 10.1. The second kappa shape index (κ2) is 4.58. The van der Waals surface area contributed by atoms with Gasteiger partial charge in [0.2, 0.25) is 0 Å². The van der Waals surface area contributed by atoms with Gasteiger partial charge in [0.1, 0.15) is 0 Å². The molecule has 0 saturated carbocycles. The molecule has 0 radical (unpaired) electrons. The number of nitrogens with one attached hydrogen (secondary N) is 1. The van der Waals surface area contributed by atoms with Gasteiger partial charge in [-0.1, -0.05) is 6.07 Å². The predicted molar refractivity (Wildman–Crippen MR) is 59.6 cm³/mol. The normalized spacial score (nSPS) is 12.2. The molecule has 76 valence electrons. The van der Waals surface area contributed by atoms with Gasteiger partial charge in [0.05, 0.1) is 5.69 Å². The van der Waals surface area contributed by atoms with Crippen molar-refractivity contribution in [3.8, 4) is 0 Å². The standard InChI is InChI=1S/C8H9IN2O3/c9-5-2-1-4(3-6(5)11-10)7(12)8(13)14/h1-3,7,11-12H,10H2,(H,13,14). The first-order valence-corrected chi connectivity index (χ1v) is 4.81. The van der Waals surface area contributed by atoms with Gasteiger partial charge in [-0.05, 0) is 40.3 Å². The van der Waals surface area contributed by atoms with E-state index in [4.69, 9.17) is 10.9 Å². The third-order valence-corrected chi connectivity index (χ3v) is 2.64. The maximum absolute atomic E-state index is 10.5. The Hall–Kier alpha value is -0.860. The largest absolute Gasteiger partial charge is 0.479 e. The van der Waals surface area contributed by atoms with Gasteiger partial charge in [-0.2, -0.15) is 0 Å². The van der Waals surface area contributed by atoms with Gasteiger partial charge in [0.25, 0.3) is 0 Å². The van der Waals surface area contributed by atoms with Crippen molar-refractivity contribution in [3.63, 3.8) is 0 Å². The van der Waals surface area contributed by atoms with Crippen LogP contribution in [0.3, 0.4) is 0 Å². The van der Waals surface area contributed by atoms with E-state index in [0.717, 1.165) is 3.57 Å². The van der Waals surface area contributed by atoms with Gasteiger partial charge >= 0.3 is 5.97 Å². The number of hydrogen-bond donors (Lipinski definition) is 4. The molecule has 0 aromatic heterocycles. The Kier molecular flexibility index (Phi) is 3.67. The van der Waals surface area contributed by atoms with Crippen LogP contribution in [-0.2, 0) is 4.79 Å². The van der Waals surface area contributed by atoms with Crippen LogP contribution in [-0.4, -0.2) is 16.2 Å². The van der Waals surface area contributed by atoms with E-state index in [0.29, 0.717) is 11.3 Å². The fourth-order valence-corrected chi connectivity index (χ4v) is 1.46. The van der Waals surface area contributed by atoms with Crippen molar-refractivity contribution in [2.45, 2.75) is 6.10 Å². The fraction of sp³-hybridized carbons (Fsp3) is 0.125. The molecule has 0 bridgehead atoms. The van der Waals surface area contributed by atoms with Crippen LogP contribution in [0.4, 0.5) is 5.69 Å². The fourth-order valence-electron chi connectivity index (χ4n) is 0.966. The lowest BCUT2D eigenvalue weighted by Gasteiger charge is -2.09. The molecule has 14 heavy (non-hydrogen) atoms. The summed E-state index contributed by atoms with van der Waals surface area (Å²) >= 11 is 2.05. The summed E-state index contributed by atoms with van der Waals surface area (Å²) in [4.78, 5) is 10.5. The number of aliphatic hydroxyl groups is 1. The minimum Gasteiger partial charge on any atom is -0.479 e. The Bertz CT molecular complexity index is 356. The Morgan fingerprint density at radius 1 is 1.57 bits per heavy atom. The average molecular weight is 308 g/mol. The number of aliphatic hydroxyl groups excluding tert-OH is 1. The smallest absolute Gasteiger partial charge is 0.337 e. The van der Waals surface area contributed by atoms with Crippen LogP contribution in [0, 0.1) is 3.57 Å². The Morgan fingerprint density at radius 3 is 2.71 bits per heavy atom. The number of halogens is 1. The quantitative estimate of drug-likeness (QED) is 0.374. The van der Waals surface area contributed by atoms with E-state index in [1.165, 1.54) is 6.07 Å². The van der Waals surface area contributed by atoms with Crippen LogP contribution in [0.15, 0.2) is 18.2 Å². The summed E-state index contributed by atoms with van der Waals surface area (Å²) in [6.45, 7) is 0. The number of hydrogen-bond acceptors (Lipinski definition) is 4. The van der Waals surface area contributed by atoms with Gasteiger partial charge in [0.15, 0.2) is 6.10 Å². The highest BCUT2D eigenvalue weighted by Gasteiger charge is 2.16. The summed E-state index contributed by atoms with van der Waals surface area (Å²) in [5, 5.41) is 17.8. The van der Waals surface area contributed by atoms with Crippen molar-refractivity contribution in [3.05, 3.63) is 27.3 Å². The molecule has 0 amide bonds.